The molecule has 2 heterocycles. The molecule has 6 nitrogen and oxygen atoms in total. The second-order valence-corrected chi connectivity index (χ2v) is 9.40. The number of methoxy groups -OCH3 is 1. The van der Waals surface area contributed by atoms with Crippen LogP contribution < -0.4 is 10.1 Å². The van der Waals surface area contributed by atoms with Gasteiger partial charge in [0.2, 0.25) is 11.8 Å². The molecule has 0 aromatic carbocycles. The molecular formula is C25H38N4O2. The van der Waals surface area contributed by atoms with Gasteiger partial charge in [0.15, 0.2) is 0 Å². The Morgan fingerprint density at radius 2 is 1.74 bits per heavy atom. The van der Waals surface area contributed by atoms with Gasteiger partial charge in [-0.25, -0.2) is 15.0 Å². The molecule has 0 aliphatic heterocycles. The van der Waals surface area contributed by atoms with Crippen molar-refractivity contribution in [2.24, 2.45) is 0 Å². The van der Waals surface area contributed by atoms with Crippen LogP contribution in [0.5, 0.6) is 5.88 Å². The third kappa shape index (κ3) is 5.46. The Kier molecular flexibility index (Phi) is 7.59. The molecule has 0 spiro atoms. The van der Waals surface area contributed by atoms with E-state index in [4.69, 9.17) is 19.4 Å². The lowest BCUT2D eigenvalue weighted by atomic mass is 9.84. The van der Waals surface area contributed by atoms with Gasteiger partial charge in [-0.15, -0.1) is 0 Å². The second kappa shape index (κ2) is 10.6. The molecule has 2 aromatic heterocycles. The summed E-state index contributed by atoms with van der Waals surface area (Å²) >= 11 is 0. The molecule has 2 aromatic rings. The van der Waals surface area contributed by atoms with Gasteiger partial charge < -0.3 is 14.8 Å². The van der Waals surface area contributed by atoms with Crippen molar-refractivity contribution in [1.29, 1.82) is 0 Å². The highest BCUT2D eigenvalue weighted by atomic mass is 16.5. The summed E-state index contributed by atoms with van der Waals surface area (Å²) in [5.74, 6) is 1.93. The molecule has 0 bridgehead atoms. The van der Waals surface area contributed by atoms with Crippen LogP contribution in [0.4, 0.5) is 5.95 Å². The van der Waals surface area contributed by atoms with Gasteiger partial charge in [0.1, 0.15) is 6.10 Å². The highest BCUT2D eigenvalue weighted by Crippen LogP contribution is 2.38. The Hall–Kier alpha value is -1.95. The Morgan fingerprint density at radius 3 is 2.45 bits per heavy atom. The van der Waals surface area contributed by atoms with Gasteiger partial charge in [-0.2, -0.15) is 0 Å². The van der Waals surface area contributed by atoms with Gasteiger partial charge in [0.25, 0.3) is 0 Å². The molecule has 31 heavy (non-hydrogen) atoms. The zero-order valence-corrected chi connectivity index (χ0v) is 19.4. The summed E-state index contributed by atoms with van der Waals surface area (Å²) in [7, 11) is 1.80. The summed E-state index contributed by atoms with van der Waals surface area (Å²) in [4.78, 5) is 14.4. The Balaban J connectivity index is 1.62. The van der Waals surface area contributed by atoms with Crippen LogP contribution in [0.15, 0.2) is 12.4 Å². The molecule has 2 aliphatic carbocycles. The van der Waals surface area contributed by atoms with Crippen LogP contribution in [-0.4, -0.2) is 40.3 Å². The van der Waals surface area contributed by atoms with Crippen molar-refractivity contribution in [1.82, 2.24) is 15.0 Å². The van der Waals surface area contributed by atoms with E-state index in [-0.39, 0.29) is 6.10 Å². The van der Waals surface area contributed by atoms with E-state index in [2.05, 4.69) is 24.1 Å². The molecule has 2 aliphatic rings. The number of hydrogen-bond acceptors (Lipinski definition) is 6. The van der Waals surface area contributed by atoms with E-state index in [0.717, 1.165) is 49.4 Å². The van der Waals surface area contributed by atoms with Crippen LogP contribution >= 0.6 is 0 Å². The van der Waals surface area contributed by atoms with Crippen molar-refractivity contribution in [3.63, 3.8) is 0 Å². The maximum absolute atomic E-state index is 6.40. The molecule has 0 saturated heterocycles. The van der Waals surface area contributed by atoms with Crippen LogP contribution in [0.3, 0.4) is 0 Å². The topological polar surface area (TPSA) is 69.2 Å². The van der Waals surface area contributed by atoms with E-state index in [0.29, 0.717) is 29.9 Å². The maximum Gasteiger partial charge on any atom is 0.224 e. The third-order valence-corrected chi connectivity index (χ3v) is 6.99. The predicted octanol–water partition coefficient (Wildman–Crippen LogP) is 6.01. The van der Waals surface area contributed by atoms with Gasteiger partial charge in [0.05, 0.1) is 17.0 Å². The fraction of sp³-hybridized carbons (Fsp3) is 0.720. The van der Waals surface area contributed by atoms with E-state index < -0.39 is 0 Å². The minimum atomic E-state index is 0.185. The second-order valence-electron chi connectivity index (χ2n) is 9.40. The van der Waals surface area contributed by atoms with E-state index >= 15 is 0 Å². The summed E-state index contributed by atoms with van der Waals surface area (Å²) < 4.78 is 11.9. The molecule has 4 rings (SSSR count). The average molecular weight is 427 g/mol. The Morgan fingerprint density at radius 1 is 1.00 bits per heavy atom. The fourth-order valence-electron chi connectivity index (χ4n) is 5.16. The van der Waals surface area contributed by atoms with Gasteiger partial charge in [0, 0.05) is 31.1 Å². The van der Waals surface area contributed by atoms with Gasteiger partial charge >= 0.3 is 0 Å². The molecule has 2 saturated carbocycles. The summed E-state index contributed by atoms with van der Waals surface area (Å²) in [6, 6.07) is 0.356. The summed E-state index contributed by atoms with van der Waals surface area (Å²) in [5, 5.41) is 4.43. The van der Waals surface area contributed by atoms with E-state index in [1.165, 1.54) is 37.7 Å². The molecule has 170 valence electrons. The number of rotatable bonds is 8. The lowest BCUT2D eigenvalue weighted by Crippen LogP contribution is -2.28. The smallest absolute Gasteiger partial charge is 0.224 e. The average Bonchev–Trinajstić information content (AvgIpc) is 2.80. The molecule has 1 atom stereocenters. The first kappa shape index (κ1) is 22.3. The molecule has 6 heteroatoms. The first-order valence-electron chi connectivity index (χ1n) is 12.3. The zero-order valence-electron chi connectivity index (χ0n) is 19.4. The SMILES string of the molecule is CCCC(C)Nc1ncc2c(OC3CCC(OC)CC3)ncc(C3CCCCC3)c2n1. The Bertz CT molecular complexity index is 845. The highest BCUT2D eigenvalue weighted by Gasteiger charge is 2.25. The third-order valence-electron chi connectivity index (χ3n) is 6.99. The summed E-state index contributed by atoms with van der Waals surface area (Å²) in [6.45, 7) is 4.40. The molecule has 1 N–H and O–H groups in total. The van der Waals surface area contributed by atoms with Gasteiger partial charge in [-0.05, 0) is 57.8 Å². The maximum atomic E-state index is 6.40. The fourth-order valence-corrected chi connectivity index (χ4v) is 5.16. The van der Waals surface area contributed by atoms with Crippen molar-refractivity contribution in [3.05, 3.63) is 18.0 Å². The first-order valence-corrected chi connectivity index (χ1v) is 12.3. The number of ether oxygens (including phenoxy) is 2. The van der Waals surface area contributed by atoms with E-state index in [1.807, 2.05) is 12.4 Å². The number of aromatic nitrogens is 3. The van der Waals surface area contributed by atoms with Crippen LogP contribution in [0.2, 0.25) is 0 Å². The number of pyridine rings is 1. The molecule has 2 fully saturated rings. The van der Waals surface area contributed by atoms with Gasteiger partial charge in [-0.1, -0.05) is 32.6 Å². The van der Waals surface area contributed by atoms with E-state index in [9.17, 15) is 0 Å². The highest BCUT2D eigenvalue weighted by molar-refractivity contribution is 5.86. The predicted molar refractivity (Wildman–Crippen MR) is 125 cm³/mol. The summed E-state index contributed by atoms with van der Waals surface area (Å²) in [5.41, 5.74) is 2.28. The zero-order chi connectivity index (χ0) is 21.6. The molecular weight excluding hydrogens is 388 g/mol. The van der Waals surface area contributed by atoms with Crippen LogP contribution in [-0.2, 0) is 4.74 Å². The molecule has 1 unspecified atom stereocenters. The first-order chi connectivity index (χ1) is 15.2. The van der Waals surface area contributed by atoms with Crippen molar-refractivity contribution in [3.8, 4) is 5.88 Å². The van der Waals surface area contributed by atoms with Crippen molar-refractivity contribution in [2.45, 2.75) is 109 Å². The largest absolute Gasteiger partial charge is 0.474 e. The molecule has 0 amide bonds. The Labute approximate surface area is 186 Å². The van der Waals surface area contributed by atoms with Crippen LogP contribution in [0.1, 0.15) is 96.0 Å². The standard InChI is InChI=1S/C25H38N4O2/c1-4-8-17(2)28-25-27-16-22-23(29-25)21(18-9-6-5-7-10-18)15-26-24(22)31-20-13-11-19(30-3)12-14-20/h15-20H,4-14H2,1-3H3,(H,27,28,29). The lowest BCUT2D eigenvalue weighted by Gasteiger charge is -2.28. The quantitative estimate of drug-likeness (QED) is 0.557. The van der Waals surface area contributed by atoms with E-state index in [1.54, 1.807) is 7.11 Å². The number of hydrogen-bond donors (Lipinski definition) is 1. The van der Waals surface area contributed by atoms with Crippen LogP contribution in [0.25, 0.3) is 10.9 Å². The minimum absolute atomic E-state index is 0.185. The van der Waals surface area contributed by atoms with Crippen molar-refractivity contribution < 1.29 is 9.47 Å². The van der Waals surface area contributed by atoms with Crippen molar-refractivity contribution >= 4 is 16.9 Å². The summed E-state index contributed by atoms with van der Waals surface area (Å²) in [6.07, 6.45) is 17.2. The number of anilines is 1. The number of fused-ring (bicyclic) bond motifs is 1. The number of nitrogens with zero attached hydrogens (tertiary/aromatic N) is 3. The minimum Gasteiger partial charge on any atom is -0.474 e. The van der Waals surface area contributed by atoms with Crippen LogP contribution in [0, 0.1) is 0 Å². The monoisotopic (exact) mass is 426 g/mol. The normalized spacial score (nSPS) is 23.6. The van der Waals surface area contributed by atoms with Gasteiger partial charge in [-0.3, -0.25) is 0 Å². The van der Waals surface area contributed by atoms with Crippen molar-refractivity contribution in [2.75, 3.05) is 12.4 Å². The lowest BCUT2D eigenvalue weighted by molar-refractivity contribution is 0.0319. The number of nitrogens with one attached hydrogen (secondary N) is 1. The molecule has 0 radical (unpaired) electrons.